The Bertz CT molecular complexity index is 8040. The number of hydrogen-bond acceptors (Lipinski definition) is 25. The minimum atomic E-state index is -4.13. The quantitative estimate of drug-likeness (QED) is 0.0111. The second-order valence-electron chi connectivity index (χ2n) is 30.6. The number of aromatic amines is 10. The molecule has 5 aromatic heterocycles. The van der Waals surface area contributed by atoms with Gasteiger partial charge in [-0.25, -0.2) is 23.1 Å². The van der Waals surface area contributed by atoms with Crippen molar-refractivity contribution in [1.29, 1.82) is 0 Å². The van der Waals surface area contributed by atoms with E-state index in [1.165, 1.54) is 37.4 Å². The molecule has 10 amide bonds. The number of phenols is 2. The molecular weight excluding hydrogens is 2000 g/mol. The van der Waals surface area contributed by atoms with Gasteiger partial charge < -0.3 is 52.1 Å². The highest BCUT2D eigenvalue weighted by molar-refractivity contribution is 7.92. The molecule has 718 valence electrons. The summed E-state index contributed by atoms with van der Waals surface area (Å²) in [5.74, 6) is -1.31. The predicted molar refractivity (Wildman–Crippen MR) is 554 cm³/mol. The van der Waals surface area contributed by atoms with Crippen LogP contribution in [0.4, 0.5) is 66.5 Å². The summed E-state index contributed by atoms with van der Waals surface area (Å²) < 4.78 is 38.3. The second-order valence-corrected chi connectivity index (χ2v) is 35.8. The average molecular weight is 2080 g/mol. The second kappa shape index (κ2) is 44.3. The first kappa shape index (κ1) is 99.0. The van der Waals surface area contributed by atoms with Gasteiger partial charge in [-0.15, -0.1) is 0 Å². The summed E-state index contributed by atoms with van der Waals surface area (Å²) in [5, 5.41) is 72.6. The van der Waals surface area contributed by atoms with Crippen molar-refractivity contribution in [1.82, 2.24) is 90.4 Å². The smallest absolute Gasteiger partial charge is 0.345 e. The largest absolute Gasteiger partial charge is 0.508 e. The molecule has 23 N–H and O–H groups in total. The molecule has 3 fully saturated rings. The van der Waals surface area contributed by atoms with E-state index in [1.807, 2.05) is 89.9 Å². The molecule has 3 aliphatic rings. The molecule has 11 aromatic carbocycles. The number of urea groups is 2. The highest BCUT2D eigenvalue weighted by atomic mass is 32.2. The summed E-state index contributed by atoms with van der Waals surface area (Å²) in [5.41, 5.74) is 21.1. The van der Waals surface area contributed by atoms with Crippen LogP contribution in [0.5, 0.6) is 11.5 Å². The van der Waals surface area contributed by atoms with E-state index in [1.54, 1.807) is 162 Å². The molecule has 3 saturated heterocycles. The summed E-state index contributed by atoms with van der Waals surface area (Å²) in [7, 11) is -2.89. The molecule has 19 rings (SSSR count). The Labute approximate surface area is 843 Å². The number of carbonyl (C=O) groups is 8. The van der Waals surface area contributed by atoms with Gasteiger partial charge in [0.1, 0.15) is 11.5 Å². The van der Waals surface area contributed by atoms with Crippen LogP contribution >= 0.6 is 110 Å². The van der Waals surface area contributed by atoms with Crippen molar-refractivity contribution in [2.24, 2.45) is 0 Å². The summed E-state index contributed by atoms with van der Waals surface area (Å²) in [4.78, 5) is 102. The lowest BCUT2D eigenvalue weighted by Crippen LogP contribution is -2.34. The number of fused-ring (bicyclic) bond motifs is 1. The maximum Gasteiger partial charge on any atom is 0.345 e. The number of aromatic hydroxyl groups is 2. The first-order valence-corrected chi connectivity index (χ1v) is 47.1. The van der Waals surface area contributed by atoms with Crippen LogP contribution in [-0.4, -0.2) is 166 Å². The Morgan fingerprint density at radius 2 is 0.766 bits per heavy atom. The molecule has 3 aliphatic heterocycles. The lowest BCUT2D eigenvalue weighted by atomic mass is 10.0. The summed E-state index contributed by atoms with van der Waals surface area (Å²) >= 11 is 46.5. The van der Waals surface area contributed by atoms with E-state index in [-0.39, 0.29) is 69.3 Å². The van der Waals surface area contributed by atoms with E-state index in [4.69, 9.17) is 115 Å². The number of anilines is 10. The Morgan fingerprint density at radius 3 is 1.21 bits per heavy atom. The number of sulfonamides is 1. The molecule has 141 heavy (non-hydrogen) atoms. The van der Waals surface area contributed by atoms with Gasteiger partial charge in [0, 0.05) is 89.9 Å². The molecule has 1 atom stereocenters. The summed E-state index contributed by atoms with van der Waals surface area (Å²) in [6, 6.07) is 72.4. The topological polar surface area (TPSA) is 542 Å². The Morgan fingerprint density at radius 1 is 0.376 bits per heavy atom. The number of phenolic OH excluding ortho intramolecular Hbond substituents is 2. The molecular formula is C90H80N28O13S10. The molecule has 51 heteroatoms. The van der Waals surface area contributed by atoms with Crippen LogP contribution < -0.4 is 67.9 Å². The minimum Gasteiger partial charge on any atom is -0.508 e. The van der Waals surface area contributed by atoms with Crippen LogP contribution in [0.25, 0.3) is 33.8 Å². The molecule has 16 aromatic rings. The molecule has 0 aliphatic carbocycles. The van der Waals surface area contributed by atoms with E-state index in [0.29, 0.717) is 131 Å². The van der Waals surface area contributed by atoms with Crippen LogP contribution in [0, 0.1) is 42.9 Å². The third-order valence-electron chi connectivity index (χ3n) is 21.0. The van der Waals surface area contributed by atoms with Gasteiger partial charge in [-0.1, -0.05) is 48.5 Å². The number of H-pyrrole nitrogens is 10. The molecule has 41 nitrogen and oxygen atoms in total. The van der Waals surface area contributed by atoms with Gasteiger partial charge in [-0.3, -0.25) is 129 Å². The number of hydrazine groups is 3. The maximum absolute atomic E-state index is 12.7. The fourth-order valence-corrected chi connectivity index (χ4v) is 17.7. The standard InChI is InChI=1S/C23H19N5O2S.C21H18N6O5S3.2C18H16N6O2S2.C10H11N5O2S2/c29-21-13-20(14-4-2-1-3-5-14)28(27-21)17-9-6-15(7-10-17)22(30)24-16-8-11-18-19(12-16)26-23(31)25-18;28-15-7-8-18(29)17(11-15)26-35(31,32)16-6-2-4-13(10-16)23-19(30)22-12-3-1-5-14(9-12)27-20(33)24-25-21(27)34;25-15-9-10-23(22-15)13-5-1-11(2-6-13)16(26)19-12-3-7-14(8-4-12)24-17(27)20-21-18(24)28;25-15-8-9-23(22-15)13-6-4-11(5-7-13)16(26)19-12-2-1-3-14(10-12)24-17(27)20-21-18(24)28;1-14(17)8(16)11-6-2-4-7(5-3-6)15-9(18)12-13-10(15)19/h1-12,20H,13H2,(H,24,30)(H,27,29)(H2,25,26,31);1-11,26,28-29H,(H,24,33)(H,25,34)(H2,22,23,30);1-8H,9-10H2,(H,19,26)(H,20,27)(H,21,28)(H,22,25);1-7,10H,8-9H2,(H,19,26)(H,20,27)(H,21,28)(H,22,25);2-5,17H,1H3,(H,11,16)(H,12,18)(H,13,19). The van der Waals surface area contributed by atoms with Crippen molar-refractivity contribution >= 4 is 235 Å². The molecule has 8 heterocycles. The van der Waals surface area contributed by atoms with Gasteiger partial charge in [0.25, 0.3) is 27.7 Å². The first-order chi connectivity index (χ1) is 67.7. The minimum absolute atomic E-state index is 0.00714. The van der Waals surface area contributed by atoms with Gasteiger partial charge >= 0.3 is 12.1 Å². The number of imidazole rings is 1. The lowest BCUT2D eigenvalue weighted by molar-refractivity contribution is -0.120. The van der Waals surface area contributed by atoms with Gasteiger partial charge in [0.15, 0.2) is 42.9 Å². The number of amides is 10. The van der Waals surface area contributed by atoms with Crippen molar-refractivity contribution in [2.75, 3.05) is 71.8 Å². The molecule has 0 saturated carbocycles. The van der Waals surface area contributed by atoms with E-state index in [0.717, 1.165) is 62.9 Å². The van der Waals surface area contributed by atoms with Gasteiger partial charge in [0.2, 0.25) is 17.7 Å². The molecule has 0 spiro atoms. The van der Waals surface area contributed by atoms with Crippen LogP contribution in [0.1, 0.15) is 61.9 Å². The third kappa shape index (κ3) is 24.9. The summed E-state index contributed by atoms with van der Waals surface area (Å²) in [6.45, 7) is 1.23. The molecule has 1 unspecified atom stereocenters. The fraction of sp³-hybridized carbons (Fsp3) is 0.0778. The zero-order valence-corrected chi connectivity index (χ0v) is 81.2. The third-order valence-corrected chi connectivity index (χ3v) is 24.8. The van der Waals surface area contributed by atoms with Crippen LogP contribution in [-0.2, 0) is 24.4 Å². The van der Waals surface area contributed by atoms with Gasteiger partial charge in [0.05, 0.1) is 73.9 Å². The number of nitrogens with zero attached hydrogens (tertiary/aromatic N) is 8. The number of aromatic nitrogens is 14. The van der Waals surface area contributed by atoms with Crippen LogP contribution in [0.3, 0.4) is 0 Å². The number of benzene rings is 11. The number of carbonyl (C=O) groups excluding carboxylic acids is 8. The fourth-order valence-electron chi connectivity index (χ4n) is 14.2. The lowest BCUT2D eigenvalue weighted by Gasteiger charge is -2.26. The Kier molecular flexibility index (Phi) is 31.1. The average Bonchev–Trinajstić information content (AvgIpc) is 1.54. The normalized spacial score (nSPS) is 12.9. The number of rotatable bonds is 20. The Balaban J connectivity index is 0.000000135. The van der Waals surface area contributed by atoms with E-state index in [9.17, 15) is 57.0 Å². The first-order valence-electron chi connectivity index (χ1n) is 41.9. The zero-order valence-electron chi connectivity index (χ0n) is 73.0. The van der Waals surface area contributed by atoms with E-state index in [2.05, 4.69) is 104 Å². The van der Waals surface area contributed by atoms with Gasteiger partial charge in [-0.05, 0) is 322 Å². The maximum atomic E-state index is 12.7. The SMILES string of the molecule is CN(O)C(=O)Nc1ccc(-n2c(=S)[nH][nH]c2=S)cc1.O=C(Nc1cccc(-n2c(=S)[nH][nH]c2=S)c1)Nc1cccc(S(=O)(=O)Nc2cc(O)ccc2O)c1.O=C1CC(c2ccccc2)N(c2ccc(C(=O)Nc3ccc4[nH]c(=S)[nH]c4c3)cc2)N1.O=C1CCN(c2ccc(C(=O)Nc3ccc(-n4c(=S)[nH][nH]c4=S)cc3)cc2)N1.O=C1CCN(c2ccc(C(=O)Nc3cccc(-n4c(=S)[nH][nH]c4=S)c3)cc2)N1. The van der Waals surface area contributed by atoms with Crippen molar-refractivity contribution in [2.45, 2.75) is 30.2 Å². The van der Waals surface area contributed by atoms with E-state index >= 15 is 0 Å². The number of nitrogens with one attached hydrogen (secondary N) is 20. The number of hydroxylamine groups is 2. The summed E-state index contributed by atoms with van der Waals surface area (Å²) in [6.07, 6.45) is 1.32. The molecule has 0 bridgehead atoms. The zero-order chi connectivity index (χ0) is 99.9. The predicted octanol–water partition coefficient (Wildman–Crippen LogP) is 17.5. The van der Waals surface area contributed by atoms with Gasteiger partial charge in [-0.2, -0.15) is 0 Å². The van der Waals surface area contributed by atoms with Crippen LogP contribution in [0.15, 0.2) is 266 Å². The van der Waals surface area contributed by atoms with Crippen molar-refractivity contribution < 1.29 is 62.2 Å². The van der Waals surface area contributed by atoms with Crippen LogP contribution in [0.2, 0.25) is 0 Å². The monoisotopic (exact) mass is 2080 g/mol. The molecule has 0 radical (unpaired) electrons. The Hall–Kier alpha value is -16.5. The highest BCUT2D eigenvalue weighted by Gasteiger charge is 2.32. The van der Waals surface area contributed by atoms with E-state index < -0.39 is 22.1 Å². The highest BCUT2D eigenvalue weighted by Crippen LogP contribution is 2.35. The van der Waals surface area contributed by atoms with Crippen molar-refractivity contribution in [3.63, 3.8) is 0 Å². The van der Waals surface area contributed by atoms with Crippen molar-refractivity contribution in [3.8, 4) is 34.2 Å². The number of hydrogen-bond donors (Lipinski definition) is 23. The van der Waals surface area contributed by atoms with Crippen molar-refractivity contribution in [3.05, 3.63) is 326 Å².